The van der Waals surface area contributed by atoms with Gasteiger partial charge in [-0.25, -0.2) is 0 Å². The quantitative estimate of drug-likeness (QED) is 0.655. The number of hydrogen-bond acceptors (Lipinski definition) is 2. The molecule has 1 saturated carbocycles. The van der Waals surface area contributed by atoms with E-state index in [4.69, 9.17) is 5.73 Å². The average molecular weight is 182 g/mol. The first-order chi connectivity index (χ1) is 6.15. The highest BCUT2D eigenvalue weighted by molar-refractivity contribution is 4.97. The van der Waals surface area contributed by atoms with Crippen molar-refractivity contribution in [2.75, 3.05) is 20.1 Å². The summed E-state index contributed by atoms with van der Waals surface area (Å²) in [7, 11) is 2.18. The molecule has 0 radical (unpaired) electrons. The first kappa shape index (κ1) is 10.7. The SMILES string of the molecule is CC(C)=CCN(C)C(CN)C1CC1. The summed E-state index contributed by atoms with van der Waals surface area (Å²) in [6.07, 6.45) is 5.02. The monoisotopic (exact) mass is 182 g/mol. The van der Waals surface area contributed by atoms with Gasteiger partial charge in [0.05, 0.1) is 0 Å². The molecule has 1 rings (SSSR count). The highest BCUT2D eigenvalue weighted by Gasteiger charge is 2.32. The van der Waals surface area contributed by atoms with Crippen molar-refractivity contribution >= 4 is 0 Å². The van der Waals surface area contributed by atoms with E-state index in [-0.39, 0.29) is 0 Å². The minimum atomic E-state index is 0.607. The van der Waals surface area contributed by atoms with Gasteiger partial charge in [0.1, 0.15) is 0 Å². The molecule has 1 fully saturated rings. The van der Waals surface area contributed by atoms with E-state index in [2.05, 4.69) is 31.9 Å². The van der Waals surface area contributed by atoms with Crippen LogP contribution in [-0.2, 0) is 0 Å². The zero-order chi connectivity index (χ0) is 9.84. The van der Waals surface area contributed by atoms with Crippen molar-refractivity contribution in [3.63, 3.8) is 0 Å². The third kappa shape index (κ3) is 3.49. The molecule has 76 valence electrons. The highest BCUT2D eigenvalue weighted by Crippen LogP contribution is 2.34. The van der Waals surface area contributed by atoms with Crippen LogP contribution in [-0.4, -0.2) is 31.1 Å². The molecule has 13 heavy (non-hydrogen) atoms. The van der Waals surface area contributed by atoms with Gasteiger partial charge >= 0.3 is 0 Å². The summed E-state index contributed by atoms with van der Waals surface area (Å²) >= 11 is 0. The van der Waals surface area contributed by atoms with E-state index in [0.717, 1.165) is 19.0 Å². The van der Waals surface area contributed by atoms with E-state index >= 15 is 0 Å². The summed E-state index contributed by atoms with van der Waals surface area (Å²) in [5.41, 5.74) is 7.15. The number of allylic oxidation sites excluding steroid dienone is 1. The molecule has 2 N–H and O–H groups in total. The van der Waals surface area contributed by atoms with Gasteiger partial charge in [-0.1, -0.05) is 11.6 Å². The molecule has 0 aliphatic heterocycles. The number of nitrogens with zero attached hydrogens (tertiary/aromatic N) is 1. The Bertz CT molecular complexity index is 179. The minimum absolute atomic E-state index is 0.607. The summed E-state index contributed by atoms with van der Waals surface area (Å²) in [6.45, 7) is 6.13. The van der Waals surface area contributed by atoms with Crippen molar-refractivity contribution in [3.05, 3.63) is 11.6 Å². The van der Waals surface area contributed by atoms with Crippen LogP contribution in [0.5, 0.6) is 0 Å². The van der Waals surface area contributed by atoms with E-state index in [0.29, 0.717) is 6.04 Å². The van der Waals surface area contributed by atoms with Crippen molar-refractivity contribution < 1.29 is 0 Å². The van der Waals surface area contributed by atoms with Gasteiger partial charge in [0.2, 0.25) is 0 Å². The van der Waals surface area contributed by atoms with Gasteiger partial charge in [-0.2, -0.15) is 0 Å². The molecule has 2 nitrogen and oxygen atoms in total. The van der Waals surface area contributed by atoms with Gasteiger partial charge < -0.3 is 5.73 Å². The summed E-state index contributed by atoms with van der Waals surface area (Å²) in [4.78, 5) is 2.38. The van der Waals surface area contributed by atoms with Gasteiger partial charge in [-0.05, 0) is 39.7 Å². The van der Waals surface area contributed by atoms with Crippen molar-refractivity contribution in [1.82, 2.24) is 4.90 Å². The van der Waals surface area contributed by atoms with E-state index in [1.54, 1.807) is 0 Å². The van der Waals surface area contributed by atoms with Crippen LogP contribution in [0.4, 0.5) is 0 Å². The standard InChI is InChI=1S/C11H22N2/c1-9(2)6-7-13(3)11(8-12)10-4-5-10/h6,10-11H,4-5,7-8,12H2,1-3H3. The van der Waals surface area contributed by atoms with Gasteiger partial charge in [-0.15, -0.1) is 0 Å². The highest BCUT2D eigenvalue weighted by atomic mass is 15.1. The molecule has 1 atom stereocenters. The zero-order valence-corrected chi connectivity index (χ0v) is 9.09. The Kier molecular flexibility index (Phi) is 3.94. The van der Waals surface area contributed by atoms with Gasteiger partial charge in [0.15, 0.2) is 0 Å². The molecule has 0 spiro atoms. The topological polar surface area (TPSA) is 29.3 Å². The molecule has 1 aliphatic rings. The van der Waals surface area contributed by atoms with E-state index in [1.807, 2.05) is 0 Å². The predicted molar refractivity (Wildman–Crippen MR) is 57.6 cm³/mol. The van der Waals surface area contributed by atoms with Gasteiger partial charge in [-0.3, -0.25) is 4.90 Å². The van der Waals surface area contributed by atoms with Crippen LogP contribution in [0.2, 0.25) is 0 Å². The van der Waals surface area contributed by atoms with Crippen LogP contribution >= 0.6 is 0 Å². The lowest BCUT2D eigenvalue weighted by Crippen LogP contribution is -2.39. The summed E-state index contributed by atoms with van der Waals surface area (Å²) in [5, 5.41) is 0. The van der Waals surface area contributed by atoms with Crippen LogP contribution in [0.3, 0.4) is 0 Å². The Morgan fingerprint density at radius 3 is 2.54 bits per heavy atom. The molecular weight excluding hydrogens is 160 g/mol. The molecular formula is C11H22N2. The Hall–Kier alpha value is -0.340. The van der Waals surface area contributed by atoms with Crippen molar-refractivity contribution in [2.24, 2.45) is 11.7 Å². The number of likely N-dealkylation sites (N-methyl/N-ethyl adjacent to an activating group) is 1. The van der Waals surface area contributed by atoms with E-state index in [9.17, 15) is 0 Å². The maximum Gasteiger partial charge on any atom is 0.0246 e. The summed E-state index contributed by atoms with van der Waals surface area (Å²) < 4.78 is 0. The molecule has 0 saturated heterocycles. The Balaban J connectivity index is 2.34. The maximum atomic E-state index is 5.76. The Labute approximate surface area is 81.8 Å². The lowest BCUT2D eigenvalue weighted by molar-refractivity contribution is 0.245. The van der Waals surface area contributed by atoms with Crippen LogP contribution in [0, 0.1) is 5.92 Å². The molecule has 0 heterocycles. The fourth-order valence-corrected chi connectivity index (χ4v) is 1.68. The Morgan fingerprint density at radius 2 is 2.15 bits per heavy atom. The first-order valence-corrected chi connectivity index (χ1v) is 5.18. The first-order valence-electron chi connectivity index (χ1n) is 5.18. The average Bonchev–Trinajstić information content (AvgIpc) is 2.86. The lowest BCUT2D eigenvalue weighted by atomic mass is 10.1. The zero-order valence-electron chi connectivity index (χ0n) is 9.09. The second kappa shape index (κ2) is 4.77. The number of nitrogens with two attached hydrogens (primary N) is 1. The molecule has 0 amide bonds. The molecule has 1 aliphatic carbocycles. The van der Waals surface area contributed by atoms with Gasteiger partial charge in [0, 0.05) is 19.1 Å². The maximum absolute atomic E-state index is 5.76. The minimum Gasteiger partial charge on any atom is -0.329 e. The number of hydrogen-bond donors (Lipinski definition) is 1. The van der Waals surface area contributed by atoms with Crippen LogP contribution in [0.1, 0.15) is 26.7 Å². The summed E-state index contributed by atoms with van der Waals surface area (Å²) in [6, 6.07) is 0.607. The smallest absolute Gasteiger partial charge is 0.0246 e. The molecule has 0 aromatic carbocycles. The molecule has 0 bridgehead atoms. The van der Waals surface area contributed by atoms with E-state index < -0.39 is 0 Å². The normalized spacial score (nSPS) is 18.8. The van der Waals surface area contributed by atoms with Crippen LogP contribution < -0.4 is 5.73 Å². The second-order valence-corrected chi connectivity index (χ2v) is 4.36. The predicted octanol–water partition coefficient (Wildman–Crippen LogP) is 1.62. The molecule has 0 aromatic heterocycles. The number of rotatable bonds is 5. The van der Waals surface area contributed by atoms with Crippen molar-refractivity contribution in [3.8, 4) is 0 Å². The lowest BCUT2D eigenvalue weighted by Gasteiger charge is -2.25. The largest absolute Gasteiger partial charge is 0.329 e. The fraction of sp³-hybridized carbons (Fsp3) is 0.818. The van der Waals surface area contributed by atoms with Crippen LogP contribution in [0.15, 0.2) is 11.6 Å². The third-order valence-electron chi connectivity index (χ3n) is 2.76. The second-order valence-electron chi connectivity index (χ2n) is 4.36. The van der Waals surface area contributed by atoms with E-state index in [1.165, 1.54) is 18.4 Å². The van der Waals surface area contributed by atoms with Crippen molar-refractivity contribution in [2.45, 2.75) is 32.7 Å². The summed E-state index contributed by atoms with van der Waals surface area (Å²) in [5.74, 6) is 0.876. The van der Waals surface area contributed by atoms with Crippen LogP contribution in [0.25, 0.3) is 0 Å². The van der Waals surface area contributed by atoms with Crippen molar-refractivity contribution in [1.29, 1.82) is 0 Å². The third-order valence-corrected chi connectivity index (χ3v) is 2.76. The fourth-order valence-electron chi connectivity index (χ4n) is 1.68. The molecule has 1 unspecified atom stereocenters. The Morgan fingerprint density at radius 1 is 1.54 bits per heavy atom. The molecule has 0 aromatic rings. The molecule has 2 heteroatoms. The van der Waals surface area contributed by atoms with Gasteiger partial charge in [0.25, 0.3) is 0 Å².